The van der Waals surface area contributed by atoms with Crippen LogP contribution in [0.15, 0.2) is 30.5 Å². The van der Waals surface area contributed by atoms with Gasteiger partial charge in [0, 0.05) is 12.3 Å². The summed E-state index contributed by atoms with van der Waals surface area (Å²) in [5, 5.41) is 8.34. The number of hydrogen-bond acceptors (Lipinski definition) is 2. The van der Waals surface area contributed by atoms with Gasteiger partial charge in [-0.3, -0.25) is 4.98 Å². The van der Waals surface area contributed by atoms with Gasteiger partial charge in [0.05, 0.1) is 11.8 Å². The minimum Gasteiger partial charge on any atom is -0.257 e. The van der Waals surface area contributed by atoms with Crippen molar-refractivity contribution in [3.8, 4) is 6.07 Å². The Balaban J connectivity index is 2.96. The fourth-order valence-corrected chi connectivity index (χ4v) is 0.767. The van der Waals surface area contributed by atoms with Gasteiger partial charge >= 0.3 is 0 Å². The number of pyridine rings is 1. The van der Waals surface area contributed by atoms with Crippen LogP contribution >= 0.6 is 0 Å². The van der Waals surface area contributed by atoms with Gasteiger partial charge in [-0.2, -0.15) is 5.26 Å². The second kappa shape index (κ2) is 3.52. The maximum absolute atomic E-state index is 8.34. The van der Waals surface area contributed by atoms with Crippen molar-refractivity contribution >= 4 is 5.57 Å². The molecule has 0 radical (unpaired) electrons. The van der Waals surface area contributed by atoms with Crippen molar-refractivity contribution < 1.29 is 0 Å². The summed E-state index contributed by atoms with van der Waals surface area (Å²) in [4.78, 5) is 4.08. The van der Waals surface area contributed by atoms with Crippen LogP contribution < -0.4 is 0 Å². The zero-order chi connectivity index (χ0) is 8.10. The summed E-state index contributed by atoms with van der Waals surface area (Å²) in [6.45, 7) is 1.87. The highest BCUT2D eigenvalue weighted by molar-refractivity contribution is 5.62. The molecular weight excluding hydrogens is 136 g/mol. The monoisotopic (exact) mass is 144 g/mol. The smallest absolute Gasteiger partial charge is 0.0915 e. The third-order valence-corrected chi connectivity index (χ3v) is 1.35. The molecule has 0 atom stereocenters. The first-order chi connectivity index (χ1) is 5.34. The van der Waals surface area contributed by atoms with Crippen molar-refractivity contribution in [3.63, 3.8) is 0 Å². The summed E-state index contributed by atoms with van der Waals surface area (Å²) < 4.78 is 0. The Bertz CT molecular complexity index is 293. The lowest BCUT2D eigenvalue weighted by Crippen LogP contribution is -1.82. The number of nitriles is 1. The Labute approximate surface area is 65.8 Å². The molecule has 0 saturated carbocycles. The molecule has 1 heterocycles. The van der Waals surface area contributed by atoms with Crippen molar-refractivity contribution in [1.29, 1.82) is 5.26 Å². The Morgan fingerprint density at radius 1 is 1.64 bits per heavy atom. The molecule has 1 aromatic rings. The molecule has 0 spiro atoms. The van der Waals surface area contributed by atoms with Gasteiger partial charge in [-0.15, -0.1) is 0 Å². The number of nitrogens with zero attached hydrogens (tertiary/aromatic N) is 2. The molecule has 2 nitrogen and oxygen atoms in total. The summed E-state index contributed by atoms with van der Waals surface area (Å²) in [6, 6.07) is 7.59. The van der Waals surface area contributed by atoms with Crippen LogP contribution in [-0.2, 0) is 0 Å². The molecule has 1 rings (SSSR count). The van der Waals surface area contributed by atoms with Gasteiger partial charge in [0.2, 0.25) is 0 Å². The first-order valence-corrected chi connectivity index (χ1v) is 3.32. The zero-order valence-corrected chi connectivity index (χ0v) is 6.28. The first-order valence-electron chi connectivity index (χ1n) is 3.32. The summed E-state index contributed by atoms with van der Waals surface area (Å²) in [7, 11) is 0. The van der Waals surface area contributed by atoms with Crippen LogP contribution in [0.4, 0.5) is 0 Å². The fourth-order valence-electron chi connectivity index (χ4n) is 0.767. The van der Waals surface area contributed by atoms with Crippen LogP contribution in [0.1, 0.15) is 12.6 Å². The standard InChI is InChI=1S/C9H8N2/c1-8(5-6-10)9-4-2-3-7-11-9/h2-5,7H,1H3/b8-5+. The molecule has 0 bridgehead atoms. The van der Waals surface area contributed by atoms with Crippen LogP contribution in [0, 0.1) is 11.3 Å². The van der Waals surface area contributed by atoms with Gasteiger partial charge in [-0.05, 0) is 24.6 Å². The largest absolute Gasteiger partial charge is 0.257 e. The molecule has 0 unspecified atom stereocenters. The van der Waals surface area contributed by atoms with Gasteiger partial charge in [0.1, 0.15) is 0 Å². The van der Waals surface area contributed by atoms with E-state index in [0.29, 0.717) is 0 Å². The summed E-state index contributed by atoms with van der Waals surface area (Å²) in [5.74, 6) is 0. The molecule has 2 heteroatoms. The van der Waals surface area contributed by atoms with E-state index in [2.05, 4.69) is 4.98 Å². The number of aromatic nitrogens is 1. The summed E-state index contributed by atoms with van der Waals surface area (Å²) in [6.07, 6.45) is 3.20. The van der Waals surface area contributed by atoms with Crippen LogP contribution in [0.25, 0.3) is 5.57 Å². The SMILES string of the molecule is C/C(=C\C#N)c1ccccn1. The maximum Gasteiger partial charge on any atom is 0.0915 e. The normalized spacial score (nSPS) is 10.7. The lowest BCUT2D eigenvalue weighted by atomic mass is 10.2. The minimum atomic E-state index is 0.856. The Morgan fingerprint density at radius 2 is 2.45 bits per heavy atom. The lowest BCUT2D eigenvalue weighted by Gasteiger charge is -1.94. The number of allylic oxidation sites excluding steroid dienone is 2. The Kier molecular flexibility index (Phi) is 2.40. The highest BCUT2D eigenvalue weighted by atomic mass is 14.7. The topological polar surface area (TPSA) is 36.7 Å². The molecule has 1 aromatic heterocycles. The molecule has 0 fully saturated rings. The van der Waals surface area contributed by atoms with Gasteiger partial charge in [-0.1, -0.05) is 6.07 Å². The highest BCUT2D eigenvalue weighted by Gasteiger charge is 1.92. The van der Waals surface area contributed by atoms with E-state index < -0.39 is 0 Å². The third-order valence-electron chi connectivity index (χ3n) is 1.35. The first kappa shape index (κ1) is 7.49. The van der Waals surface area contributed by atoms with E-state index in [9.17, 15) is 0 Å². The summed E-state index contributed by atoms with van der Waals surface area (Å²) >= 11 is 0. The van der Waals surface area contributed by atoms with Gasteiger partial charge in [0.25, 0.3) is 0 Å². The van der Waals surface area contributed by atoms with Crippen molar-refractivity contribution in [3.05, 3.63) is 36.2 Å². The summed E-state index contributed by atoms with van der Waals surface area (Å²) in [5.41, 5.74) is 1.75. The van der Waals surface area contributed by atoms with E-state index in [4.69, 9.17) is 5.26 Å². The van der Waals surface area contributed by atoms with Crippen LogP contribution in [0.3, 0.4) is 0 Å². The van der Waals surface area contributed by atoms with Crippen molar-refractivity contribution in [1.82, 2.24) is 4.98 Å². The van der Waals surface area contributed by atoms with E-state index in [1.807, 2.05) is 31.2 Å². The molecule has 0 aromatic carbocycles. The van der Waals surface area contributed by atoms with E-state index >= 15 is 0 Å². The molecule has 54 valence electrons. The van der Waals surface area contributed by atoms with E-state index in [-0.39, 0.29) is 0 Å². The molecule has 0 aliphatic heterocycles. The third kappa shape index (κ3) is 1.91. The molecule has 11 heavy (non-hydrogen) atoms. The van der Waals surface area contributed by atoms with Gasteiger partial charge < -0.3 is 0 Å². The number of rotatable bonds is 1. The molecule has 0 aliphatic carbocycles. The lowest BCUT2D eigenvalue weighted by molar-refractivity contribution is 1.27. The molecule has 0 amide bonds. The van der Waals surface area contributed by atoms with Crippen molar-refractivity contribution in [2.45, 2.75) is 6.92 Å². The quantitative estimate of drug-likeness (QED) is 0.565. The fraction of sp³-hybridized carbons (Fsp3) is 0.111. The molecule has 0 saturated heterocycles. The van der Waals surface area contributed by atoms with E-state index in [0.717, 1.165) is 11.3 Å². The predicted molar refractivity (Wildman–Crippen MR) is 43.5 cm³/mol. The Hall–Kier alpha value is -1.62. The van der Waals surface area contributed by atoms with Crippen LogP contribution in [-0.4, -0.2) is 4.98 Å². The number of hydrogen-bond donors (Lipinski definition) is 0. The molecule has 0 N–H and O–H groups in total. The van der Waals surface area contributed by atoms with Crippen LogP contribution in [0.5, 0.6) is 0 Å². The van der Waals surface area contributed by atoms with Crippen molar-refractivity contribution in [2.24, 2.45) is 0 Å². The predicted octanol–water partition coefficient (Wildman–Crippen LogP) is 2.01. The molecule has 0 aliphatic rings. The van der Waals surface area contributed by atoms with E-state index in [1.54, 1.807) is 6.20 Å². The van der Waals surface area contributed by atoms with Crippen molar-refractivity contribution in [2.75, 3.05) is 0 Å². The second-order valence-electron chi connectivity index (χ2n) is 2.17. The second-order valence-corrected chi connectivity index (χ2v) is 2.17. The van der Waals surface area contributed by atoms with Crippen LogP contribution in [0.2, 0.25) is 0 Å². The minimum absolute atomic E-state index is 0.856. The molecular formula is C9H8N2. The zero-order valence-electron chi connectivity index (χ0n) is 6.28. The average molecular weight is 144 g/mol. The van der Waals surface area contributed by atoms with Gasteiger partial charge in [-0.25, -0.2) is 0 Å². The maximum atomic E-state index is 8.34. The Morgan fingerprint density at radius 3 is 3.00 bits per heavy atom. The van der Waals surface area contributed by atoms with Gasteiger partial charge in [0.15, 0.2) is 0 Å². The highest BCUT2D eigenvalue weighted by Crippen LogP contribution is 2.07. The van der Waals surface area contributed by atoms with E-state index in [1.165, 1.54) is 6.08 Å². The average Bonchev–Trinajstić information content (AvgIpc) is 2.07.